The molecule has 0 bridgehead atoms. The Kier molecular flexibility index (Phi) is 4.15. The van der Waals surface area contributed by atoms with Crippen LogP contribution in [0.4, 0.5) is 5.82 Å². The van der Waals surface area contributed by atoms with Crippen molar-refractivity contribution >= 4 is 5.82 Å². The van der Waals surface area contributed by atoms with Gasteiger partial charge in [-0.15, -0.1) is 0 Å². The van der Waals surface area contributed by atoms with Crippen molar-refractivity contribution in [2.45, 2.75) is 33.6 Å². The van der Waals surface area contributed by atoms with Gasteiger partial charge in [-0.25, -0.2) is 9.97 Å². The Labute approximate surface area is 114 Å². The van der Waals surface area contributed by atoms with Gasteiger partial charge in [0.25, 0.3) is 0 Å². The Morgan fingerprint density at radius 3 is 2.63 bits per heavy atom. The van der Waals surface area contributed by atoms with Gasteiger partial charge in [0.2, 0.25) is 0 Å². The van der Waals surface area contributed by atoms with E-state index in [1.165, 1.54) is 5.56 Å². The molecule has 1 aromatic heterocycles. The second kappa shape index (κ2) is 5.83. The maximum Gasteiger partial charge on any atom is 0.131 e. The second-order valence-electron chi connectivity index (χ2n) is 5.25. The molecule has 3 nitrogen and oxygen atoms in total. The van der Waals surface area contributed by atoms with Crippen LogP contribution < -0.4 is 5.73 Å². The molecule has 0 aliphatic carbocycles. The predicted octanol–water partition coefficient (Wildman–Crippen LogP) is 3.49. The summed E-state index contributed by atoms with van der Waals surface area (Å²) in [4.78, 5) is 8.77. The summed E-state index contributed by atoms with van der Waals surface area (Å²) in [6.07, 6.45) is 1.87. The van der Waals surface area contributed by atoms with Crippen LogP contribution in [0.1, 0.15) is 32.2 Å². The van der Waals surface area contributed by atoms with Crippen molar-refractivity contribution in [3.8, 4) is 11.3 Å². The molecule has 1 heterocycles. The molecular weight excluding hydrogens is 234 g/mol. The van der Waals surface area contributed by atoms with Crippen LogP contribution in [0, 0.1) is 5.92 Å². The largest absolute Gasteiger partial charge is 0.384 e. The minimum absolute atomic E-state index is 0.538. The molecule has 2 N–H and O–H groups in total. The number of rotatable bonds is 4. The zero-order chi connectivity index (χ0) is 13.8. The maximum atomic E-state index is 5.84. The molecule has 0 saturated carbocycles. The molecule has 0 spiro atoms. The fraction of sp³-hybridized carbons (Fsp3) is 0.375. The van der Waals surface area contributed by atoms with E-state index in [1.54, 1.807) is 0 Å². The van der Waals surface area contributed by atoms with Crippen LogP contribution in [0.3, 0.4) is 0 Å². The van der Waals surface area contributed by atoms with E-state index in [-0.39, 0.29) is 0 Å². The van der Waals surface area contributed by atoms with Crippen LogP contribution in [-0.2, 0) is 12.8 Å². The molecule has 0 atom stereocenters. The molecule has 19 heavy (non-hydrogen) atoms. The van der Waals surface area contributed by atoms with Gasteiger partial charge >= 0.3 is 0 Å². The van der Waals surface area contributed by atoms with Crippen molar-refractivity contribution in [2.24, 2.45) is 5.92 Å². The molecular formula is C16H21N3. The zero-order valence-electron chi connectivity index (χ0n) is 11.9. The zero-order valence-corrected chi connectivity index (χ0v) is 11.9. The molecule has 0 unspecified atom stereocenters. The van der Waals surface area contributed by atoms with Crippen LogP contribution >= 0.6 is 0 Å². The lowest BCUT2D eigenvalue weighted by atomic mass is 10.00. The fourth-order valence-electron chi connectivity index (χ4n) is 2.15. The van der Waals surface area contributed by atoms with E-state index in [4.69, 9.17) is 5.73 Å². The number of hydrogen-bond donors (Lipinski definition) is 1. The average molecular weight is 255 g/mol. The van der Waals surface area contributed by atoms with Crippen LogP contribution in [-0.4, -0.2) is 9.97 Å². The van der Waals surface area contributed by atoms with Crippen molar-refractivity contribution in [3.05, 3.63) is 41.7 Å². The number of nitrogens with two attached hydrogens (primary N) is 1. The summed E-state index contributed by atoms with van der Waals surface area (Å²) in [6.45, 7) is 6.49. The monoisotopic (exact) mass is 255 g/mol. The lowest BCUT2D eigenvalue weighted by Crippen LogP contribution is -2.00. The minimum Gasteiger partial charge on any atom is -0.384 e. The van der Waals surface area contributed by atoms with Crippen molar-refractivity contribution in [2.75, 3.05) is 5.73 Å². The number of aryl methyl sites for hydroxylation is 1. The summed E-state index contributed by atoms with van der Waals surface area (Å²) < 4.78 is 0. The molecule has 2 rings (SSSR count). The van der Waals surface area contributed by atoms with Gasteiger partial charge in [-0.3, -0.25) is 0 Å². The Morgan fingerprint density at radius 2 is 1.95 bits per heavy atom. The van der Waals surface area contributed by atoms with Gasteiger partial charge in [0.05, 0.1) is 5.69 Å². The van der Waals surface area contributed by atoms with Gasteiger partial charge < -0.3 is 5.73 Å². The Balaban J connectivity index is 2.38. The highest BCUT2D eigenvalue weighted by Gasteiger charge is 2.05. The smallest absolute Gasteiger partial charge is 0.131 e. The van der Waals surface area contributed by atoms with Gasteiger partial charge in [0, 0.05) is 18.1 Å². The van der Waals surface area contributed by atoms with E-state index in [1.807, 2.05) is 13.0 Å². The first-order valence-electron chi connectivity index (χ1n) is 6.81. The number of hydrogen-bond acceptors (Lipinski definition) is 3. The molecule has 0 saturated heterocycles. The van der Waals surface area contributed by atoms with E-state index in [0.717, 1.165) is 29.9 Å². The summed E-state index contributed by atoms with van der Waals surface area (Å²) in [5.74, 6) is 1.98. The van der Waals surface area contributed by atoms with Gasteiger partial charge in [0.15, 0.2) is 0 Å². The van der Waals surface area contributed by atoms with Crippen molar-refractivity contribution in [1.29, 1.82) is 0 Å². The van der Waals surface area contributed by atoms with Crippen molar-refractivity contribution in [3.63, 3.8) is 0 Å². The Bertz CT molecular complexity index is 562. The summed E-state index contributed by atoms with van der Waals surface area (Å²) in [7, 11) is 0. The average Bonchev–Trinajstić information content (AvgIpc) is 2.37. The molecule has 0 amide bonds. The predicted molar refractivity (Wildman–Crippen MR) is 79.8 cm³/mol. The SMILES string of the molecule is CCc1nc(N)cc(-c2cccc(CC(C)C)c2)n1. The first-order chi connectivity index (χ1) is 9.08. The summed E-state index contributed by atoms with van der Waals surface area (Å²) >= 11 is 0. The topological polar surface area (TPSA) is 51.8 Å². The Morgan fingerprint density at radius 1 is 1.16 bits per heavy atom. The normalized spacial score (nSPS) is 10.9. The highest BCUT2D eigenvalue weighted by Crippen LogP contribution is 2.21. The molecule has 2 aromatic rings. The van der Waals surface area contributed by atoms with Gasteiger partial charge in [0.1, 0.15) is 11.6 Å². The number of nitrogen functional groups attached to an aromatic ring is 1. The number of nitrogens with zero attached hydrogens (tertiary/aromatic N) is 2. The molecule has 0 radical (unpaired) electrons. The van der Waals surface area contributed by atoms with E-state index >= 15 is 0 Å². The maximum absolute atomic E-state index is 5.84. The van der Waals surface area contributed by atoms with E-state index < -0.39 is 0 Å². The van der Waals surface area contributed by atoms with Crippen LogP contribution in [0.25, 0.3) is 11.3 Å². The lowest BCUT2D eigenvalue weighted by molar-refractivity contribution is 0.647. The number of aromatic nitrogens is 2. The van der Waals surface area contributed by atoms with Crippen molar-refractivity contribution in [1.82, 2.24) is 9.97 Å². The van der Waals surface area contributed by atoms with E-state index in [9.17, 15) is 0 Å². The van der Waals surface area contributed by atoms with Gasteiger partial charge in [-0.2, -0.15) is 0 Å². The fourth-order valence-corrected chi connectivity index (χ4v) is 2.15. The molecule has 1 aromatic carbocycles. The second-order valence-corrected chi connectivity index (χ2v) is 5.25. The standard InChI is InChI=1S/C16H21N3/c1-4-16-18-14(10-15(17)19-16)13-7-5-6-12(9-13)8-11(2)3/h5-7,9-11H,4,8H2,1-3H3,(H2,17,18,19). The number of benzene rings is 1. The van der Waals surface area contributed by atoms with Gasteiger partial charge in [-0.05, 0) is 24.0 Å². The molecule has 100 valence electrons. The van der Waals surface area contributed by atoms with E-state index in [2.05, 4.69) is 48.1 Å². The van der Waals surface area contributed by atoms with Crippen LogP contribution in [0.15, 0.2) is 30.3 Å². The third kappa shape index (κ3) is 3.53. The Hall–Kier alpha value is -1.90. The highest BCUT2D eigenvalue weighted by molar-refractivity contribution is 5.62. The molecule has 0 aliphatic heterocycles. The first kappa shape index (κ1) is 13.5. The molecule has 0 aliphatic rings. The minimum atomic E-state index is 0.538. The quantitative estimate of drug-likeness (QED) is 0.909. The number of anilines is 1. The first-order valence-corrected chi connectivity index (χ1v) is 6.81. The van der Waals surface area contributed by atoms with Crippen LogP contribution in [0.5, 0.6) is 0 Å². The lowest BCUT2D eigenvalue weighted by Gasteiger charge is -2.08. The summed E-state index contributed by atoms with van der Waals surface area (Å²) in [5.41, 5.74) is 9.20. The highest BCUT2D eigenvalue weighted by atomic mass is 14.9. The van der Waals surface area contributed by atoms with Gasteiger partial charge in [-0.1, -0.05) is 39.0 Å². The third-order valence-corrected chi connectivity index (χ3v) is 2.98. The van der Waals surface area contributed by atoms with Crippen molar-refractivity contribution < 1.29 is 0 Å². The van der Waals surface area contributed by atoms with E-state index in [0.29, 0.717) is 11.7 Å². The third-order valence-electron chi connectivity index (χ3n) is 2.98. The molecule has 3 heteroatoms. The molecule has 0 fully saturated rings. The van der Waals surface area contributed by atoms with Crippen LogP contribution in [0.2, 0.25) is 0 Å². The summed E-state index contributed by atoms with van der Waals surface area (Å²) in [5, 5.41) is 0. The summed E-state index contributed by atoms with van der Waals surface area (Å²) in [6, 6.07) is 10.4.